The van der Waals surface area contributed by atoms with Crippen LogP contribution in [0, 0.1) is 11.7 Å². The van der Waals surface area contributed by atoms with Crippen molar-refractivity contribution in [3.8, 4) is 0 Å². The number of halogens is 1. The highest BCUT2D eigenvalue weighted by molar-refractivity contribution is 5.88. The van der Waals surface area contributed by atoms with Crippen molar-refractivity contribution in [2.45, 2.75) is 31.7 Å². The summed E-state index contributed by atoms with van der Waals surface area (Å²) >= 11 is 0. The molecule has 0 radical (unpaired) electrons. The van der Waals surface area contributed by atoms with Crippen LogP contribution in [0.25, 0.3) is 0 Å². The van der Waals surface area contributed by atoms with Gasteiger partial charge in [0.15, 0.2) is 0 Å². The minimum atomic E-state index is -1.20. The van der Waals surface area contributed by atoms with Crippen molar-refractivity contribution in [2.75, 3.05) is 0 Å². The predicted molar refractivity (Wildman–Crippen MR) is 67.0 cm³/mol. The van der Waals surface area contributed by atoms with Gasteiger partial charge in [0.25, 0.3) is 0 Å². The molecular formula is C14H16FNO3. The van der Waals surface area contributed by atoms with Crippen molar-refractivity contribution < 1.29 is 19.1 Å². The van der Waals surface area contributed by atoms with E-state index in [0.717, 1.165) is 12.8 Å². The standard InChI is InChI=1S/C14H16FNO3/c1-14(13(18)19,10-4-5-10)16-12(17)8-9-2-6-11(15)7-3-9/h2-3,6-7,10H,4-5,8H2,1H3,(H,16,17)(H,18,19). The number of carbonyl (C=O) groups is 2. The largest absolute Gasteiger partial charge is 0.480 e. The first-order valence-corrected chi connectivity index (χ1v) is 6.20. The van der Waals surface area contributed by atoms with Gasteiger partial charge in [0, 0.05) is 0 Å². The number of rotatable bonds is 5. The van der Waals surface area contributed by atoms with Gasteiger partial charge in [-0.1, -0.05) is 12.1 Å². The normalized spacial score (nSPS) is 17.6. The van der Waals surface area contributed by atoms with Crippen molar-refractivity contribution in [1.29, 1.82) is 0 Å². The predicted octanol–water partition coefficient (Wildman–Crippen LogP) is 1.74. The van der Waals surface area contributed by atoms with Crippen LogP contribution in [0.5, 0.6) is 0 Å². The summed E-state index contributed by atoms with van der Waals surface area (Å²) in [5.41, 5.74) is -0.542. The molecule has 19 heavy (non-hydrogen) atoms. The molecule has 1 unspecified atom stereocenters. The molecule has 0 aromatic heterocycles. The first-order valence-electron chi connectivity index (χ1n) is 6.20. The average molecular weight is 265 g/mol. The van der Waals surface area contributed by atoms with Gasteiger partial charge in [-0.2, -0.15) is 0 Å². The number of carbonyl (C=O) groups excluding carboxylic acids is 1. The average Bonchev–Trinajstić information content (AvgIpc) is 3.16. The van der Waals surface area contributed by atoms with Crippen LogP contribution in [0.15, 0.2) is 24.3 Å². The van der Waals surface area contributed by atoms with E-state index in [4.69, 9.17) is 0 Å². The summed E-state index contributed by atoms with van der Waals surface area (Å²) < 4.78 is 12.7. The Kier molecular flexibility index (Phi) is 3.55. The van der Waals surface area contributed by atoms with Crippen molar-refractivity contribution in [3.63, 3.8) is 0 Å². The maximum Gasteiger partial charge on any atom is 0.329 e. The molecule has 102 valence electrons. The second-order valence-corrected chi connectivity index (χ2v) is 5.13. The molecule has 0 saturated heterocycles. The van der Waals surface area contributed by atoms with Gasteiger partial charge in [0.2, 0.25) is 5.91 Å². The van der Waals surface area contributed by atoms with E-state index in [0.29, 0.717) is 5.56 Å². The Morgan fingerprint density at radius 1 is 1.37 bits per heavy atom. The van der Waals surface area contributed by atoms with E-state index in [1.807, 2.05) is 0 Å². The second kappa shape index (κ2) is 4.99. The molecule has 1 saturated carbocycles. The molecule has 1 aliphatic rings. The number of benzene rings is 1. The van der Waals surface area contributed by atoms with E-state index < -0.39 is 11.5 Å². The summed E-state index contributed by atoms with van der Waals surface area (Å²) in [6, 6.07) is 5.59. The molecule has 1 fully saturated rings. The lowest BCUT2D eigenvalue weighted by Gasteiger charge is -2.26. The third-order valence-electron chi connectivity index (χ3n) is 3.52. The first-order chi connectivity index (χ1) is 8.91. The zero-order valence-electron chi connectivity index (χ0n) is 10.6. The van der Waals surface area contributed by atoms with E-state index in [2.05, 4.69) is 5.32 Å². The van der Waals surface area contributed by atoms with E-state index in [1.54, 1.807) is 0 Å². The lowest BCUT2D eigenvalue weighted by atomic mass is 9.95. The summed E-state index contributed by atoms with van der Waals surface area (Å²) in [6.45, 7) is 1.54. The lowest BCUT2D eigenvalue weighted by molar-refractivity contribution is -0.147. The highest BCUT2D eigenvalue weighted by Gasteiger charge is 2.48. The second-order valence-electron chi connectivity index (χ2n) is 5.13. The van der Waals surface area contributed by atoms with E-state index in [-0.39, 0.29) is 24.1 Å². The van der Waals surface area contributed by atoms with Crippen LogP contribution in [0.1, 0.15) is 25.3 Å². The molecule has 2 rings (SSSR count). The minimum Gasteiger partial charge on any atom is -0.480 e. The van der Waals surface area contributed by atoms with Crippen LogP contribution in [0.4, 0.5) is 4.39 Å². The van der Waals surface area contributed by atoms with Gasteiger partial charge in [0.1, 0.15) is 11.4 Å². The van der Waals surface area contributed by atoms with E-state index in [1.165, 1.54) is 31.2 Å². The number of amides is 1. The molecule has 2 N–H and O–H groups in total. The minimum absolute atomic E-state index is 0.00201. The number of nitrogens with one attached hydrogen (secondary N) is 1. The van der Waals surface area contributed by atoms with Gasteiger partial charge < -0.3 is 10.4 Å². The van der Waals surface area contributed by atoms with Gasteiger partial charge in [-0.3, -0.25) is 4.79 Å². The fourth-order valence-corrected chi connectivity index (χ4v) is 2.11. The molecule has 1 atom stereocenters. The van der Waals surface area contributed by atoms with E-state index >= 15 is 0 Å². The van der Waals surface area contributed by atoms with E-state index in [9.17, 15) is 19.1 Å². The zero-order valence-corrected chi connectivity index (χ0v) is 10.6. The molecule has 1 aromatic rings. The summed E-state index contributed by atoms with van der Waals surface area (Å²) in [4.78, 5) is 23.2. The molecular weight excluding hydrogens is 249 g/mol. The SMILES string of the molecule is CC(NC(=O)Cc1ccc(F)cc1)(C(=O)O)C1CC1. The van der Waals surface area contributed by atoms with Crippen LogP contribution in [-0.2, 0) is 16.0 Å². The van der Waals surface area contributed by atoms with Crippen molar-refractivity contribution in [1.82, 2.24) is 5.32 Å². The lowest BCUT2D eigenvalue weighted by Crippen LogP contribution is -2.54. The van der Waals surface area contributed by atoms with Gasteiger partial charge in [0.05, 0.1) is 6.42 Å². The fourth-order valence-electron chi connectivity index (χ4n) is 2.11. The van der Waals surface area contributed by atoms with Crippen molar-refractivity contribution in [3.05, 3.63) is 35.6 Å². The number of hydrogen-bond acceptors (Lipinski definition) is 2. The molecule has 5 heteroatoms. The highest BCUT2D eigenvalue weighted by atomic mass is 19.1. The summed E-state index contributed by atoms with van der Waals surface area (Å²) in [7, 11) is 0. The van der Waals surface area contributed by atoms with Crippen LogP contribution in [-0.4, -0.2) is 22.5 Å². The molecule has 0 heterocycles. The molecule has 0 bridgehead atoms. The Hall–Kier alpha value is -1.91. The van der Waals surface area contributed by atoms with Gasteiger partial charge in [-0.25, -0.2) is 9.18 Å². The number of carboxylic acid groups (broad SMARTS) is 1. The Balaban J connectivity index is 2.00. The number of aliphatic carboxylic acids is 1. The van der Waals surface area contributed by atoms with Crippen LogP contribution >= 0.6 is 0 Å². The molecule has 4 nitrogen and oxygen atoms in total. The maximum absolute atomic E-state index is 12.7. The maximum atomic E-state index is 12.7. The topological polar surface area (TPSA) is 66.4 Å². The van der Waals surface area contributed by atoms with Gasteiger partial charge in [-0.15, -0.1) is 0 Å². The van der Waals surface area contributed by atoms with Gasteiger partial charge >= 0.3 is 5.97 Å². The van der Waals surface area contributed by atoms with Crippen LogP contribution in [0.2, 0.25) is 0 Å². The van der Waals surface area contributed by atoms with Crippen LogP contribution < -0.4 is 5.32 Å². The molecule has 1 aromatic carbocycles. The zero-order chi connectivity index (χ0) is 14.0. The Bertz CT molecular complexity index is 496. The highest BCUT2D eigenvalue weighted by Crippen LogP contribution is 2.39. The Labute approximate surface area is 110 Å². The molecule has 1 amide bonds. The quantitative estimate of drug-likeness (QED) is 0.852. The third-order valence-corrected chi connectivity index (χ3v) is 3.52. The van der Waals surface area contributed by atoms with Crippen LogP contribution in [0.3, 0.4) is 0 Å². The molecule has 0 spiro atoms. The fraction of sp³-hybridized carbons (Fsp3) is 0.429. The monoisotopic (exact) mass is 265 g/mol. The third kappa shape index (κ3) is 3.10. The number of hydrogen-bond donors (Lipinski definition) is 2. The summed E-state index contributed by atoms with van der Waals surface area (Å²) in [5, 5.41) is 11.8. The van der Waals surface area contributed by atoms with Gasteiger partial charge in [-0.05, 0) is 43.4 Å². The van der Waals surface area contributed by atoms with Crippen molar-refractivity contribution >= 4 is 11.9 Å². The Morgan fingerprint density at radius 3 is 2.42 bits per heavy atom. The summed E-state index contributed by atoms with van der Waals surface area (Å²) in [5.74, 6) is -1.73. The molecule has 0 aliphatic heterocycles. The van der Waals surface area contributed by atoms with Crippen molar-refractivity contribution in [2.24, 2.45) is 5.92 Å². The Morgan fingerprint density at radius 2 is 1.95 bits per heavy atom. The first kappa shape index (κ1) is 13.5. The summed E-state index contributed by atoms with van der Waals surface area (Å²) in [6.07, 6.45) is 1.69. The smallest absolute Gasteiger partial charge is 0.329 e. The number of carboxylic acids is 1. The molecule has 1 aliphatic carbocycles.